The zero-order valence-electron chi connectivity index (χ0n) is 74.8. The first-order valence-electron chi connectivity index (χ1n) is 42.7. The highest BCUT2D eigenvalue weighted by Crippen LogP contribution is 2.44. The molecule has 0 spiro atoms. The van der Waals surface area contributed by atoms with Crippen LogP contribution in [0.5, 0.6) is 29.4 Å². The zero-order valence-corrected chi connectivity index (χ0v) is 74.8. The fourth-order valence-corrected chi connectivity index (χ4v) is 15.1. The molecule has 2 aliphatic carbocycles. The molecule has 32 nitrogen and oxygen atoms in total. The van der Waals surface area contributed by atoms with Crippen LogP contribution in [0.15, 0.2) is 204 Å². The number of aromatic nitrogens is 12. The quantitative estimate of drug-likeness (QED) is 0.0262. The van der Waals surface area contributed by atoms with Crippen molar-refractivity contribution < 1.29 is 39.2 Å². The van der Waals surface area contributed by atoms with E-state index in [1.807, 2.05) is 150 Å². The van der Waals surface area contributed by atoms with Crippen molar-refractivity contribution in [2.45, 2.75) is 224 Å². The standard InChI is InChI=1S/C25H27N5O3.C24H25N5O4.C24H31N5O2.C21H31N5O3/c1-15(2)14-30-19(20-7-6-12-33-20)13-21(28-30)26-27-23-17(4)22(24(31)29(5)25(23)32)18-10-8-16(3)9-11-18;1-15(30)19-13-20(24(33)28(23(19)32)18-11-7-4-8-12-18)25-26-22-14-21(29(27-22)16(2)31)17-9-5-3-6-10-17;1-6-7-18-14-21(30)29(13-12-17-10-8-16(2)9-11-17)23(31)22(18)28-27-20-15-19(25-26-20)24(3,4)5;1-13(2)12-25-18(27)10-16(15-8-6-7-9-15)20(21(25)28)23-22-17-11-19(29-5)26(24-17)14(3)4/h6-13,15,31H,14H2,1-5H3;3,5-6,9-10,13-14,18,32H,4,7-8,11-12H2,1-2H3;8-11,14-15,31H,6-7,12-13H2,1-5H3,(H,25,26);10-11,13-15,28H,6-9,12H2,1-5H3. The van der Waals surface area contributed by atoms with E-state index in [-0.39, 0.29) is 98.4 Å². The van der Waals surface area contributed by atoms with Gasteiger partial charge in [0.05, 0.1) is 30.7 Å². The zero-order chi connectivity index (χ0) is 91.0. The summed E-state index contributed by atoms with van der Waals surface area (Å²) in [7, 11) is 3.10. The number of carbonyl (C=O) groups is 2. The highest BCUT2D eigenvalue weighted by atomic mass is 16.5. The van der Waals surface area contributed by atoms with Crippen LogP contribution in [0.25, 0.3) is 33.8 Å². The van der Waals surface area contributed by atoms with Crippen LogP contribution in [0.4, 0.5) is 46.0 Å². The predicted molar refractivity (Wildman–Crippen MR) is 484 cm³/mol. The Balaban J connectivity index is 0.000000163. The Morgan fingerprint density at radius 2 is 1.18 bits per heavy atom. The molecular formula is C94H114N20O12. The summed E-state index contributed by atoms with van der Waals surface area (Å²) in [6, 6.07) is 40.1. The molecule has 0 saturated heterocycles. The van der Waals surface area contributed by atoms with Gasteiger partial charge in [0.25, 0.3) is 22.2 Å². The van der Waals surface area contributed by atoms with E-state index in [0.29, 0.717) is 101 Å². The minimum atomic E-state index is -0.512. The monoisotopic (exact) mass is 1710 g/mol. The fourth-order valence-electron chi connectivity index (χ4n) is 15.1. The summed E-state index contributed by atoms with van der Waals surface area (Å²) in [6.45, 7) is 30.4. The SMILES string of the molecule is CC(=O)c1cc(N=Nc2cc(-c3ccccc3)n(C(C)=O)n2)c(=O)n(C2CCCCC2)c1O.CCCc1cc(=O)n(CCc2ccc(C)cc2)c(O)c1N=Nc1cc(C(C)(C)C)[nH]n1.COc1cc(N=Nc2c(C3CCCC3)cc(=O)n(CC(C)C)c2O)nn1C(C)C.Cc1ccc(-c2c(C)c(N=Nc3cc(-c4ccco4)n(CC(C)C)n3)c(=O)n(C)c2O)cc1. The molecule has 14 rings (SSSR count). The number of ketones is 1. The van der Waals surface area contributed by atoms with Crippen LogP contribution < -0.4 is 27.0 Å². The first kappa shape index (κ1) is 93.0. The second-order valence-corrected chi connectivity index (χ2v) is 34.0. The Bertz CT molecular complexity index is 6190. The molecule has 2 aliphatic rings. The average molecular weight is 1720 g/mol. The van der Waals surface area contributed by atoms with Gasteiger partial charge in [0.15, 0.2) is 46.2 Å². The maximum Gasteiger partial charge on any atom is 0.281 e. The van der Waals surface area contributed by atoms with E-state index >= 15 is 0 Å². The van der Waals surface area contributed by atoms with Crippen LogP contribution in [0.2, 0.25) is 0 Å². The molecule has 0 bridgehead atoms. The van der Waals surface area contributed by atoms with E-state index in [1.165, 1.54) is 55.5 Å². The van der Waals surface area contributed by atoms with Crippen molar-refractivity contribution in [1.82, 2.24) is 57.8 Å². The molecule has 662 valence electrons. The Labute approximate surface area is 730 Å². The number of benzene rings is 3. The Morgan fingerprint density at radius 1 is 0.587 bits per heavy atom. The van der Waals surface area contributed by atoms with Gasteiger partial charge in [0.2, 0.25) is 35.3 Å². The van der Waals surface area contributed by atoms with Gasteiger partial charge >= 0.3 is 0 Å². The second-order valence-electron chi connectivity index (χ2n) is 34.0. The number of Topliss-reactive ketones (excluding diaryl/α,β-unsaturated/α-hetero) is 1. The van der Waals surface area contributed by atoms with Gasteiger partial charge in [-0.25, -0.2) is 4.68 Å². The van der Waals surface area contributed by atoms with E-state index < -0.39 is 11.1 Å². The number of aromatic hydroxyl groups is 4. The highest BCUT2D eigenvalue weighted by molar-refractivity contribution is 5.97. The Morgan fingerprint density at radius 3 is 1.78 bits per heavy atom. The van der Waals surface area contributed by atoms with Crippen molar-refractivity contribution >= 4 is 57.7 Å². The van der Waals surface area contributed by atoms with Crippen molar-refractivity contribution in [1.29, 1.82) is 0 Å². The number of pyridine rings is 4. The van der Waals surface area contributed by atoms with Gasteiger partial charge in [-0.2, -0.15) is 14.9 Å². The lowest BCUT2D eigenvalue weighted by atomic mass is 9.92. The summed E-state index contributed by atoms with van der Waals surface area (Å²) in [6.07, 6.45) is 12.4. The van der Waals surface area contributed by atoms with Gasteiger partial charge in [-0.1, -0.05) is 184 Å². The molecule has 0 aliphatic heterocycles. The molecular weight excluding hydrogens is 1600 g/mol. The fraction of sp³-hybridized carbons (Fsp3) is 0.404. The van der Waals surface area contributed by atoms with Gasteiger partial charge in [-0.05, 0) is 144 Å². The van der Waals surface area contributed by atoms with E-state index in [2.05, 4.69) is 101 Å². The topological polar surface area (TPSA) is 406 Å². The molecule has 0 amide bonds. The van der Waals surface area contributed by atoms with Gasteiger partial charge < -0.3 is 29.6 Å². The summed E-state index contributed by atoms with van der Waals surface area (Å²) in [5.41, 5.74) is 9.17. The van der Waals surface area contributed by atoms with Crippen molar-refractivity contribution in [3.8, 4) is 63.2 Å². The van der Waals surface area contributed by atoms with Crippen molar-refractivity contribution in [3.63, 3.8) is 0 Å². The number of methoxy groups -OCH3 is 1. The van der Waals surface area contributed by atoms with Gasteiger partial charge in [0, 0.05) is 98.3 Å². The average Bonchev–Trinajstić information content (AvgIpc) is 0.896. The number of carbonyl (C=O) groups excluding carboxylic acids is 2. The summed E-state index contributed by atoms with van der Waals surface area (Å²) in [5, 5.41) is 97.3. The minimum Gasteiger partial charge on any atom is -0.494 e. The third-order valence-electron chi connectivity index (χ3n) is 21.8. The van der Waals surface area contributed by atoms with E-state index in [4.69, 9.17) is 9.15 Å². The van der Waals surface area contributed by atoms with Crippen molar-refractivity contribution in [2.24, 2.45) is 59.8 Å². The number of aryl methyl sites for hydroxylation is 4. The van der Waals surface area contributed by atoms with Crippen LogP contribution in [-0.2, 0) is 44.9 Å². The number of H-pyrrole nitrogens is 1. The molecule has 0 radical (unpaired) electrons. The number of nitrogens with zero attached hydrogens (tertiary/aromatic N) is 19. The molecule has 3 aromatic carbocycles. The number of furan rings is 1. The molecule has 0 atom stereocenters. The maximum absolute atomic E-state index is 13.1. The van der Waals surface area contributed by atoms with Crippen molar-refractivity contribution in [2.75, 3.05) is 7.11 Å². The normalized spacial score (nSPS) is 13.4. The molecule has 9 heterocycles. The second kappa shape index (κ2) is 41.7. The van der Waals surface area contributed by atoms with Gasteiger partial charge in [-0.3, -0.25) is 56.8 Å². The molecule has 9 aromatic heterocycles. The molecule has 2 fully saturated rings. The Kier molecular flexibility index (Phi) is 30.8. The molecule has 32 heteroatoms. The number of nitrogens with one attached hydrogen (secondary N) is 1. The number of hydrogen-bond donors (Lipinski definition) is 5. The molecule has 126 heavy (non-hydrogen) atoms. The first-order chi connectivity index (χ1) is 60.1. The molecule has 12 aromatic rings. The third kappa shape index (κ3) is 22.6. The lowest BCUT2D eigenvalue weighted by molar-refractivity contribution is 0.0922. The maximum atomic E-state index is 13.1. The van der Waals surface area contributed by atoms with Crippen LogP contribution in [0.3, 0.4) is 0 Å². The largest absolute Gasteiger partial charge is 0.494 e. The van der Waals surface area contributed by atoms with Crippen molar-refractivity contribution in [3.05, 3.63) is 226 Å². The number of aromatic amines is 1. The summed E-state index contributed by atoms with van der Waals surface area (Å²) in [5.74, 6) is 2.05. The van der Waals surface area contributed by atoms with E-state index in [9.17, 15) is 49.2 Å². The van der Waals surface area contributed by atoms with Gasteiger partial charge in [-0.15, -0.1) is 51.1 Å². The van der Waals surface area contributed by atoms with Crippen LogP contribution in [0.1, 0.15) is 220 Å². The predicted octanol–water partition coefficient (Wildman–Crippen LogP) is 21.7. The molecule has 2 saturated carbocycles. The number of azo groups is 4. The lowest BCUT2D eigenvalue weighted by Crippen LogP contribution is -2.27. The minimum absolute atomic E-state index is 0.0216. The van der Waals surface area contributed by atoms with E-state index in [0.717, 1.165) is 103 Å². The van der Waals surface area contributed by atoms with Gasteiger partial charge in [0.1, 0.15) is 17.1 Å². The van der Waals surface area contributed by atoms with Crippen LogP contribution in [0, 0.1) is 32.6 Å². The molecule has 0 unspecified atom stereocenters. The highest BCUT2D eigenvalue weighted by Gasteiger charge is 2.29. The Hall–Kier alpha value is -13.7. The van der Waals surface area contributed by atoms with Crippen LogP contribution in [-0.4, -0.2) is 97.0 Å². The first-order valence-corrected chi connectivity index (χ1v) is 42.7. The number of ether oxygens (including phenoxy) is 1. The molecule has 5 N–H and O–H groups in total. The lowest BCUT2D eigenvalue weighted by Gasteiger charge is -2.25. The number of hydrogen-bond acceptors (Lipinski definition) is 24. The van der Waals surface area contributed by atoms with E-state index in [1.54, 1.807) is 55.3 Å². The van der Waals surface area contributed by atoms with Crippen LogP contribution >= 0.6 is 0 Å². The summed E-state index contributed by atoms with van der Waals surface area (Å²) >= 11 is 0. The summed E-state index contributed by atoms with van der Waals surface area (Å²) < 4.78 is 20.9. The number of rotatable bonds is 25. The third-order valence-corrected chi connectivity index (χ3v) is 21.8. The smallest absolute Gasteiger partial charge is 0.281 e. The summed E-state index contributed by atoms with van der Waals surface area (Å²) in [4.78, 5) is 75.5.